The third-order valence-electron chi connectivity index (χ3n) is 4.29. The quantitative estimate of drug-likeness (QED) is 0.923. The van der Waals surface area contributed by atoms with E-state index in [9.17, 15) is 4.39 Å². The summed E-state index contributed by atoms with van der Waals surface area (Å²) in [6.07, 6.45) is 1.19. The molecule has 116 valence electrons. The topological polar surface area (TPSA) is 15.3 Å². The lowest BCUT2D eigenvalue weighted by molar-refractivity contribution is 0.350. The molecule has 1 saturated heterocycles. The number of piperidine rings is 1. The first-order valence-corrected chi connectivity index (χ1v) is 7.98. The zero-order valence-corrected chi connectivity index (χ0v) is 13.0. The molecule has 0 aromatic heterocycles. The van der Waals surface area contributed by atoms with Gasteiger partial charge in [-0.15, -0.1) is 0 Å². The molecule has 0 radical (unpaired) electrons. The SMILES string of the molecule is CC1CC(NCc2ccccc2)CN(c2ccc(F)cc2)C1. The smallest absolute Gasteiger partial charge is 0.123 e. The van der Waals surface area contributed by atoms with E-state index in [2.05, 4.69) is 41.4 Å². The van der Waals surface area contributed by atoms with Crippen molar-refractivity contribution < 1.29 is 4.39 Å². The van der Waals surface area contributed by atoms with Gasteiger partial charge in [-0.2, -0.15) is 0 Å². The van der Waals surface area contributed by atoms with Crippen LogP contribution in [0.4, 0.5) is 10.1 Å². The average molecular weight is 298 g/mol. The van der Waals surface area contributed by atoms with Crippen molar-refractivity contribution >= 4 is 5.69 Å². The first-order valence-electron chi connectivity index (χ1n) is 7.98. The molecular weight excluding hydrogens is 275 g/mol. The van der Waals surface area contributed by atoms with Crippen LogP contribution in [-0.2, 0) is 6.54 Å². The summed E-state index contributed by atoms with van der Waals surface area (Å²) in [5.74, 6) is 0.458. The van der Waals surface area contributed by atoms with E-state index in [-0.39, 0.29) is 5.82 Å². The molecular formula is C19H23FN2. The van der Waals surface area contributed by atoms with Crippen LogP contribution < -0.4 is 10.2 Å². The van der Waals surface area contributed by atoms with Crippen LogP contribution in [0.25, 0.3) is 0 Å². The molecule has 2 atom stereocenters. The Morgan fingerprint density at radius 3 is 2.50 bits per heavy atom. The van der Waals surface area contributed by atoms with Gasteiger partial charge < -0.3 is 10.2 Å². The average Bonchev–Trinajstić information content (AvgIpc) is 2.54. The van der Waals surface area contributed by atoms with Crippen molar-refractivity contribution in [2.24, 2.45) is 5.92 Å². The Hall–Kier alpha value is -1.87. The minimum atomic E-state index is -0.174. The molecule has 0 spiro atoms. The Kier molecular flexibility index (Phi) is 4.74. The van der Waals surface area contributed by atoms with Crippen molar-refractivity contribution in [2.45, 2.75) is 25.9 Å². The highest BCUT2D eigenvalue weighted by Gasteiger charge is 2.24. The Morgan fingerprint density at radius 1 is 1.05 bits per heavy atom. The summed E-state index contributed by atoms with van der Waals surface area (Å²) < 4.78 is 13.1. The van der Waals surface area contributed by atoms with Gasteiger partial charge in [-0.05, 0) is 42.2 Å². The van der Waals surface area contributed by atoms with E-state index in [0.717, 1.165) is 25.3 Å². The van der Waals surface area contributed by atoms with Crippen molar-refractivity contribution in [3.63, 3.8) is 0 Å². The van der Waals surface area contributed by atoms with E-state index >= 15 is 0 Å². The van der Waals surface area contributed by atoms with Gasteiger partial charge in [-0.1, -0.05) is 37.3 Å². The number of rotatable bonds is 4. The highest BCUT2D eigenvalue weighted by Crippen LogP contribution is 2.23. The third-order valence-corrected chi connectivity index (χ3v) is 4.29. The highest BCUT2D eigenvalue weighted by atomic mass is 19.1. The Morgan fingerprint density at radius 2 is 1.77 bits per heavy atom. The zero-order chi connectivity index (χ0) is 15.4. The number of halogens is 1. The molecule has 2 unspecified atom stereocenters. The fourth-order valence-electron chi connectivity index (χ4n) is 3.22. The highest BCUT2D eigenvalue weighted by molar-refractivity contribution is 5.47. The first kappa shape index (κ1) is 15.0. The minimum Gasteiger partial charge on any atom is -0.370 e. The monoisotopic (exact) mass is 298 g/mol. The van der Waals surface area contributed by atoms with Gasteiger partial charge in [0.25, 0.3) is 0 Å². The van der Waals surface area contributed by atoms with Crippen LogP contribution in [-0.4, -0.2) is 19.1 Å². The van der Waals surface area contributed by atoms with Gasteiger partial charge in [-0.25, -0.2) is 4.39 Å². The maximum atomic E-state index is 13.1. The Labute approximate surface area is 132 Å². The van der Waals surface area contributed by atoms with E-state index in [1.165, 1.54) is 12.0 Å². The molecule has 22 heavy (non-hydrogen) atoms. The summed E-state index contributed by atoms with van der Waals surface area (Å²) in [4.78, 5) is 2.36. The Balaban J connectivity index is 1.62. The molecule has 0 amide bonds. The van der Waals surface area contributed by atoms with Crippen LogP contribution in [0.15, 0.2) is 54.6 Å². The molecule has 2 nitrogen and oxygen atoms in total. The summed E-state index contributed by atoms with van der Waals surface area (Å²) in [7, 11) is 0. The molecule has 1 aliphatic heterocycles. The molecule has 0 saturated carbocycles. The fourth-order valence-corrected chi connectivity index (χ4v) is 3.22. The number of nitrogens with one attached hydrogen (secondary N) is 1. The van der Waals surface area contributed by atoms with Gasteiger partial charge in [0.05, 0.1) is 0 Å². The van der Waals surface area contributed by atoms with E-state index in [0.29, 0.717) is 12.0 Å². The fraction of sp³-hybridized carbons (Fsp3) is 0.368. The van der Waals surface area contributed by atoms with Crippen LogP contribution in [0.5, 0.6) is 0 Å². The zero-order valence-electron chi connectivity index (χ0n) is 13.0. The predicted molar refractivity (Wildman–Crippen MR) is 89.5 cm³/mol. The van der Waals surface area contributed by atoms with Gasteiger partial charge in [0.15, 0.2) is 0 Å². The first-order chi connectivity index (χ1) is 10.7. The summed E-state index contributed by atoms with van der Waals surface area (Å²) in [5.41, 5.74) is 2.42. The van der Waals surface area contributed by atoms with E-state index < -0.39 is 0 Å². The number of nitrogens with zero attached hydrogens (tertiary/aromatic N) is 1. The largest absolute Gasteiger partial charge is 0.370 e. The van der Waals surface area contributed by atoms with Crippen LogP contribution >= 0.6 is 0 Å². The molecule has 0 aliphatic carbocycles. The second kappa shape index (κ2) is 6.93. The molecule has 3 rings (SSSR count). The third kappa shape index (κ3) is 3.86. The van der Waals surface area contributed by atoms with E-state index in [1.807, 2.05) is 18.2 Å². The molecule has 3 heteroatoms. The van der Waals surface area contributed by atoms with Gasteiger partial charge >= 0.3 is 0 Å². The molecule has 2 aromatic rings. The molecule has 1 aliphatic rings. The Bertz CT molecular complexity index is 582. The maximum absolute atomic E-state index is 13.1. The molecule has 1 heterocycles. The van der Waals surface area contributed by atoms with Gasteiger partial charge in [0.2, 0.25) is 0 Å². The summed E-state index contributed by atoms with van der Waals surface area (Å²) in [6.45, 7) is 5.19. The van der Waals surface area contributed by atoms with Crippen molar-refractivity contribution in [3.8, 4) is 0 Å². The lowest BCUT2D eigenvalue weighted by Crippen LogP contribution is -2.48. The van der Waals surface area contributed by atoms with Crippen molar-refractivity contribution in [1.82, 2.24) is 5.32 Å². The number of hydrogen-bond acceptors (Lipinski definition) is 2. The van der Waals surface area contributed by atoms with Gasteiger partial charge in [-0.3, -0.25) is 0 Å². The second-order valence-corrected chi connectivity index (χ2v) is 6.29. The summed E-state index contributed by atoms with van der Waals surface area (Å²) in [5, 5.41) is 3.66. The van der Waals surface area contributed by atoms with Gasteiger partial charge in [0.1, 0.15) is 5.82 Å². The maximum Gasteiger partial charge on any atom is 0.123 e. The number of hydrogen-bond donors (Lipinski definition) is 1. The minimum absolute atomic E-state index is 0.174. The lowest BCUT2D eigenvalue weighted by Gasteiger charge is -2.38. The van der Waals surface area contributed by atoms with Crippen LogP contribution in [0.1, 0.15) is 18.9 Å². The van der Waals surface area contributed by atoms with Crippen LogP contribution in [0, 0.1) is 11.7 Å². The second-order valence-electron chi connectivity index (χ2n) is 6.29. The predicted octanol–water partition coefficient (Wildman–Crippen LogP) is 3.83. The summed E-state index contributed by atoms with van der Waals surface area (Å²) >= 11 is 0. The van der Waals surface area contributed by atoms with Crippen molar-refractivity contribution in [2.75, 3.05) is 18.0 Å². The number of anilines is 1. The van der Waals surface area contributed by atoms with Crippen molar-refractivity contribution in [3.05, 3.63) is 66.0 Å². The molecule has 1 fully saturated rings. The van der Waals surface area contributed by atoms with Crippen LogP contribution in [0.3, 0.4) is 0 Å². The lowest BCUT2D eigenvalue weighted by atomic mass is 9.95. The molecule has 1 N–H and O–H groups in total. The molecule has 0 bridgehead atoms. The van der Waals surface area contributed by atoms with Crippen LogP contribution in [0.2, 0.25) is 0 Å². The summed E-state index contributed by atoms with van der Waals surface area (Å²) in [6, 6.07) is 17.8. The molecule has 2 aromatic carbocycles. The number of benzene rings is 2. The van der Waals surface area contributed by atoms with Gasteiger partial charge in [0, 0.05) is 31.4 Å². The normalized spacial score (nSPS) is 21.8. The van der Waals surface area contributed by atoms with E-state index in [1.54, 1.807) is 12.1 Å². The van der Waals surface area contributed by atoms with E-state index in [4.69, 9.17) is 0 Å². The van der Waals surface area contributed by atoms with Crippen molar-refractivity contribution in [1.29, 1.82) is 0 Å². The standard InChI is InChI=1S/C19H23FN2/c1-15-11-18(21-12-16-5-3-2-4-6-16)14-22(13-15)19-9-7-17(20)8-10-19/h2-10,15,18,21H,11-14H2,1H3.